The average molecular weight is 176 g/mol. The van der Waals surface area contributed by atoms with Crippen molar-refractivity contribution >= 4 is 0 Å². The Hall–Kier alpha value is -0.780. The fourth-order valence-corrected chi connectivity index (χ4v) is 2.02. The van der Waals surface area contributed by atoms with Gasteiger partial charge in [0.05, 0.1) is 0 Å². The molecule has 0 N–H and O–H groups in total. The van der Waals surface area contributed by atoms with Gasteiger partial charge in [0.1, 0.15) is 0 Å². The molecule has 0 nitrogen and oxygen atoms in total. The average Bonchev–Trinajstić information content (AvgIpc) is 2.27. The van der Waals surface area contributed by atoms with Crippen LogP contribution in [0.2, 0.25) is 0 Å². The number of allylic oxidation sites excluding steroid dienone is 4. The van der Waals surface area contributed by atoms with Crippen LogP contribution in [-0.4, -0.2) is 0 Å². The van der Waals surface area contributed by atoms with E-state index in [1.165, 1.54) is 36.8 Å². The van der Waals surface area contributed by atoms with Crippen LogP contribution in [0.5, 0.6) is 0 Å². The third-order valence-electron chi connectivity index (χ3n) is 2.95. The zero-order valence-corrected chi connectivity index (χ0v) is 8.90. The van der Waals surface area contributed by atoms with Crippen LogP contribution in [0.25, 0.3) is 0 Å². The molecule has 0 amide bonds. The first-order valence-electron chi connectivity index (χ1n) is 5.15. The third-order valence-corrected chi connectivity index (χ3v) is 2.95. The van der Waals surface area contributed by atoms with E-state index in [2.05, 4.69) is 27.0 Å². The maximum atomic E-state index is 4.05. The molecule has 0 saturated carbocycles. The van der Waals surface area contributed by atoms with Crippen LogP contribution in [0.3, 0.4) is 0 Å². The Morgan fingerprint density at radius 2 is 2.23 bits per heavy atom. The molecule has 0 bridgehead atoms. The second-order valence-corrected chi connectivity index (χ2v) is 4.19. The third kappa shape index (κ3) is 2.58. The van der Waals surface area contributed by atoms with Crippen LogP contribution >= 0.6 is 0 Å². The van der Waals surface area contributed by atoms with E-state index in [0.717, 1.165) is 11.5 Å². The topological polar surface area (TPSA) is 0 Å². The van der Waals surface area contributed by atoms with Gasteiger partial charge in [-0.2, -0.15) is 0 Å². The van der Waals surface area contributed by atoms with Gasteiger partial charge in [-0.3, -0.25) is 0 Å². The Morgan fingerprint density at radius 1 is 1.54 bits per heavy atom. The van der Waals surface area contributed by atoms with Gasteiger partial charge in [-0.25, -0.2) is 0 Å². The first-order valence-corrected chi connectivity index (χ1v) is 5.15. The Labute approximate surface area is 82.0 Å². The van der Waals surface area contributed by atoms with E-state index in [9.17, 15) is 0 Å². The molecule has 0 fully saturated rings. The van der Waals surface area contributed by atoms with Crippen LogP contribution in [-0.2, 0) is 0 Å². The van der Waals surface area contributed by atoms with Gasteiger partial charge in [0.25, 0.3) is 0 Å². The van der Waals surface area contributed by atoms with Gasteiger partial charge >= 0.3 is 0 Å². The van der Waals surface area contributed by atoms with Crippen molar-refractivity contribution in [2.24, 2.45) is 5.92 Å². The highest BCUT2D eigenvalue weighted by atomic mass is 14.2. The fourth-order valence-electron chi connectivity index (χ4n) is 2.02. The summed E-state index contributed by atoms with van der Waals surface area (Å²) in [5, 5.41) is 0. The number of hydrogen-bond donors (Lipinski definition) is 0. The Bertz CT molecular complexity index is 243. The van der Waals surface area contributed by atoms with E-state index < -0.39 is 0 Å². The molecule has 0 aromatic carbocycles. The zero-order valence-electron chi connectivity index (χ0n) is 8.90. The lowest BCUT2D eigenvalue weighted by atomic mass is 9.94. The molecule has 1 aliphatic carbocycles. The molecule has 0 saturated heterocycles. The van der Waals surface area contributed by atoms with Crippen molar-refractivity contribution in [2.75, 3.05) is 0 Å². The molecule has 72 valence electrons. The highest BCUT2D eigenvalue weighted by molar-refractivity contribution is 5.40. The Kier molecular flexibility index (Phi) is 3.53. The summed E-state index contributed by atoms with van der Waals surface area (Å²) in [5.74, 6) is 0.809. The Morgan fingerprint density at radius 3 is 2.85 bits per heavy atom. The van der Waals surface area contributed by atoms with Gasteiger partial charge in [-0.15, -0.1) is 0 Å². The van der Waals surface area contributed by atoms with Crippen molar-refractivity contribution in [3.63, 3.8) is 0 Å². The number of hydrogen-bond acceptors (Lipinski definition) is 0. The van der Waals surface area contributed by atoms with Crippen LogP contribution in [0.4, 0.5) is 0 Å². The van der Waals surface area contributed by atoms with Crippen molar-refractivity contribution in [1.29, 1.82) is 0 Å². The van der Waals surface area contributed by atoms with Crippen molar-refractivity contribution in [3.05, 3.63) is 36.0 Å². The lowest BCUT2D eigenvalue weighted by Gasteiger charge is -2.12. The van der Waals surface area contributed by atoms with Gasteiger partial charge in [-0.1, -0.05) is 38.2 Å². The monoisotopic (exact) mass is 176 g/mol. The van der Waals surface area contributed by atoms with Gasteiger partial charge in [-0.05, 0) is 43.3 Å². The minimum atomic E-state index is 0.809. The van der Waals surface area contributed by atoms with E-state index in [-0.39, 0.29) is 0 Å². The minimum Gasteiger partial charge on any atom is -0.0985 e. The SMILES string of the molecule is C=CC(=C)C1=C(C)CCCC(C)C1. The lowest BCUT2D eigenvalue weighted by molar-refractivity contribution is 0.525. The van der Waals surface area contributed by atoms with Crippen molar-refractivity contribution in [3.8, 4) is 0 Å². The quantitative estimate of drug-likeness (QED) is 0.552. The molecular formula is C13H20. The van der Waals surface area contributed by atoms with E-state index in [0.29, 0.717) is 0 Å². The second kappa shape index (κ2) is 4.45. The molecule has 0 spiro atoms. The molecule has 1 aliphatic rings. The van der Waals surface area contributed by atoms with E-state index in [1.54, 1.807) is 0 Å². The highest BCUT2D eigenvalue weighted by Gasteiger charge is 2.14. The smallest absolute Gasteiger partial charge is 0.0248 e. The largest absolute Gasteiger partial charge is 0.0985 e. The minimum absolute atomic E-state index is 0.809. The van der Waals surface area contributed by atoms with Gasteiger partial charge in [0.2, 0.25) is 0 Å². The summed E-state index contributed by atoms with van der Waals surface area (Å²) >= 11 is 0. The van der Waals surface area contributed by atoms with Crippen molar-refractivity contribution in [2.45, 2.75) is 39.5 Å². The first kappa shape index (κ1) is 10.3. The van der Waals surface area contributed by atoms with E-state index in [1.807, 2.05) is 6.08 Å². The lowest BCUT2D eigenvalue weighted by Crippen LogP contribution is -1.96. The molecule has 1 unspecified atom stereocenters. The predicted molar refractivity (Wildman–Crippen MR) is 59.7 cm³/mol. The molecule has 0 heterocycles. The van der Waals surface area contributed by atoms with Crippen LogP contribution in [0.1, 0.15) is 39.5 Å². The van der Waals surface area contributed by atoms with E-state index >= 15 is 0 Å². The predicted octanol–water partition coefficient (Wildman–Crippen LogP) is 4.26. The van der Waals surface area contributed by atoms with Gasteiger partial charge < -0.3 is 0 Å². The molecule has 1 rings (SSSR count). The first-order chi connectivity index (χ1) is 6.15. The molecule has 1 atom stereocenters. The summed E-state index contributed by atoms with van der Waals surface area (Å²) < 4.78 is 0. The maximum Gasteiger partial charge on any atom is -0.0248 e. The second-order valence-electron chi connectivity index (χ2n) is 4.19. The summed E-state index contributed by atoms with van der Waals surface area (Å²) in [6.07, 6.45) is 7.01. The molecule has 0 aliphatic heterocycles. The Balaban J connectivity index is 2.86. The standard InChI is InChI=1S/C13H20/c1-5-11(3)13-9-10(2)7-6-8-12(13)4/h5,10H,1,3,6-9H2,2,4H3. The summed E-state index contributed by atoms with van der Waals surface area (Å²) in [6.45, 7) is 12.4. The van der Waals surface area contributed by atoms with Crippen molar-refractivity contribution < 1.29 is 0 Å². The van der Waals surface area contributed by atoms with Crippen LogP contribution in [0, 0.1) is 5.92 Å². The molecule has 0 aromatic rings. The molecular weight excluding hydrogens is 156 g/mol. The fraction of sp³-hybridized carbons (Fsp3) is 0.538. The van der Waals surface area contributed by atoms with Crippen LogP contribution < -0.4 is 0 Å². The molecule has 0 radical (unpaired) electrons. The van der Waals surface area contributed by atoms with Gasteiger partial charge in [0, 0.05) is 0 Å². The van der Waals surface area contributed by atoms with Crippen LogP contribution in [0.15, 0.2) is 36.0 Å². The summed E-state index contributed by atoms with van der Waals surface area (Å²) in [4.78, 5) is 0. The van der Waals surface area contributed by atoms with Gasteiger partial charge in [0.15, 0.2) is 0 Å². The maximum absolute atomic E-state index is 4.05. The molecule has 0 heteroatoms. The normalized spacial score (nSPS) is 24.0. The summed E-state index contributed by atoms with van der Waals surface area (Å²) in [7, 11) is 0. The summed E-state index contributed by atoms with van der Waals surface area (Å²) in [6, 6.07) is 0. The molecule has 13 heavy (non-hydrogen) atoms. The molecule has 0 aromatic heterocycles. The van der Waals surface area contributed by atoms with Crippen molar-refractivity contribution in [1.82, 2.24) is 0 Å². The number of rotatable bonds is 2. The summed E-state index contributed by atoms with van der Waals surface area (Å²) in [5.41, 5.74) is 4.11. The van der Waals surface area contributed by atoms with E-state index in [4.69, 9.17) is 0 Å². The zero-order chi connectivity index (χ0) is 9.84. The highest BCUT2D eigenvalue weighted by Crippen LogP contribution is 2.31.